The Labute approximate surface area is 98.9 Å². The molecule has 1 aromatic heterocycles. The average Bonchev–Trinajstić information content (AvgIpc) is 2.39. The summed E-state index contributed by atoms with van der Waals surface area (Å²) in [4.78, 5) is 29.8. The second-order valence-corrected chi connectivity index (χ2v) is 4.29. The number of nitrogens with zero attached hydrogens (tertiary/aromatic N) is 2. The molecule has 1 aromatic rings. The van der Waals surface area contributed by atoms with E-state index in [4.69, 9.17) is 5.11 Å². The Balaban J connectivity index is 2.32. The minimum absolute atomic E-state index is 0.0389. The largest absolute Gasteiger partial charge is 0.476 e. The Morgan fingerprint density at radius 1 is 1.35 bits per heavy atom. The number of carbonyl (C=O) groups is 2. The lowest BCUT2D eigenvalue weighted by Gasteiger charge is -2.20. The fourth-order valence-electron chi connectivity index (χ4n) is 2.22. The molecule has 0 amide bonds. The standard InChI is InChI=1S/C12H14N2O3/c15-7-9-6-13-11(14-10(9)12(16)17)8-4-2-1-3-5-8/h6-8H,1-5H2,(H,16,17). The number of rotatable bonds is 3. The van der Waals surface area contributed by atoms with Crippen molar-refractivity contribution in [3.63, 3.8) is 0 Å². The number of aromatic carboxylic acids is 1. The van der Waals surface area contributed by atoms with Gasteiger partial charge in [0.1, 0.15) is 5.82 Å². The summed E-state index contributed by atoms with van der Waals surface area (Å²) < 4.78 is 0. The van der Waals surface area contributed by atoms with Gasteiger partial charge >= 0.3 is 5.97 Å². The molecular weight excluding hydrogens is 220 g/mol. The minimum atomic E-state index is -1.17. The maximum atomic E-state index is 11.0. The molecule has 0 radical (unpaired) electrons. The molecule has 1 saturated carbocycles. The van der Waals surface area contributed by atoms with Crippen LogP contribution in [0.3, 0.4) is 0 Å². The molecule has 17 heavy (non-hydrogen) atoms. The molecule has 5 heteroatoms. The van der Waals surface area contributed by atoms with Crippen LogP contribution in [0.4, 0.5) is 0 Å². The predicted octanol–water partition coefficient (Wildman–Crippen LogP) is 2.03. The van der Waals surface area contributed by atoms with Crippen molar-refractivity contribution in [2.45, 2.75) is 38.0 Å². The summed E-state index contributed by atoms with van der Waals surface area (Å²) in [5.74, 6) is -0.373. The summed E-state index contributed by atoms with van der Waals surface area (Å²) in [5, 5.41) is 8.97. The van der Waals surface area contributed by atoms with E-state index in [1.165, 1.54) is 12.6 Å². The minimum Gasteiger partial charge on any atom is -0.476 e. The topological polar surface area (TPSA) is 80.2 Å². The zero-order chi connectivity index (χ0) is 12.3. The summed E-state index contributed by atoms with van der Waals surface area (Å²) in [6, 6.07) is 0. The Bertz CT molecular complexity index is 439. The number of carboxylic acids is 1. The summed E-state index contributed by atoms with van der Waals surface area (Å²) in [6.45, 7) is 0. The Morgan fingerprint density at radius 3 is 2.65 bits per heavy atom. The normalized spacial score (nSPS) is 16.7. The highest BCUT2D eigenvalue weighted by molar-refractivity contribution is 5.94. The van der Waals surface area contributed by atoms with E-state index >= 15 is 0 Å². The molecule has 0 atom stereocenters. The molecule has 0 unspecified atom stereocenters. The van der Waals surface area contributed by atoms with E-state index in [2.05, 4.69) is 9.97 Å². The van der Waals surface area contributed by atoms with Crippen LogP contribution in [-0.4, -0.2) is 27.3 Å². The van der Waals surface area contributed by atoms with Crippen molar-refractivity contribution in [3.8, 4) is 0 Å². The van der Waals surface area contributed by atoms with Crippen molar-refractivity contribution in [1.29, 1.82) is 0 Å². The molecule has 2 rings (SSSR count). The molecule has 0 aromatic carbocycles. The van der Waals surface area contributed by atoms with Gasteiger partial charge in [-0.05, 0) is 12.8 Å². The SMILES string of the molecule is O=Cc1cnc(C2CCCCC2)nc1C(=O)O. The fourth-order valence-corrected chi connectivity index (χ4v) is 2.22. The van der Waals surface area contributed by atoms with E-state index in [1.807, 2.05) is 0 Å². The van der Waals surface area contributed by atoms with E-state index in [-0.39, 0.29) is 17.2 Å². The van der Waals surface area contributed by atoms with Gasteiger partial charge in [0.25, 0.3) is 0 Å². The number of hydrogen-bond donors (Lipinski definition) is 1. The van der Waals surface area contributed by atoms with E-state index in [9.17, 15) is 9.59 Å². The number of aromatic nitrogens is 2. The Hall–Kier alpha value is -1.78. The Kier molecular flexibility index (Phi) is 3.46. The van der Waals surface area contributed by atoms with Crippen LogP contribution >= 0.6 is 0 Å². The first kappa shape index (κ1) is 11.7. The molecule has 1 heterocycles. The third kappa shape index (κ3) is 2.49. The van der Waals surface area contributed by atoms with Crippen molar-refractivity contribution in [2.24, 2.45) is 0 Å². The first-order valence-electron chi connectivity index (χ1n) is 5.77. The smallest absolute Gasteiger partial charge is 0.355 e. The lowest BCUT2D eigenvalue weighted by atomic mass is 9.88. The molecule has 1 aliphatic carbocycles. The molecule has 1 fully saturated rings. The van der Waals surface area contributed by atoms with Gasteiger partial charge in [-0.2, -0.15) is 0 Å². The van der Waals surface area contributed by atoms with Gasteiger partial charge in [-0.15, -0.1) is 0 Å². The van der Waals surface area contributed by atoms with Crippen molar-refractivity contribution in [2.75, 3.05) is 0 Å². The van der Waals surface area contributed by atoms with Crippen LogP contribution in [-0.2, 0) is 0 Å². The fraction of sp³-hybridized carbons (Fsp3) is 0.500. The van der Waals surface area contributed by atoms with Gasteiger partial charge in [-0.25, -0.2) is 14.8 Å². The van der Waals surface area contributed by atoms with Crippen molar-refractivity contribution in [1.82, 2.24) is 9.97 Å². The van der Waals surface area contributed by atoms with Crippen LogP contribution in [0.15, 0.2) is 6.20 Å². The van der Waals surface area contributed by atoms with Gasteiger partial charge in [0.2, 0.25) is 0 Å². The molecule has 0 saturated heterocycles. The van der Waals surface area contributed by atoms with E-state index in [0.29, 0.717) is 12.1 Å². The number of carbonyl (C=O) groups excluding carboxylic acids is 1. The summed E-state index contributed by atoms with van der Waals surface area (Å²) >= 11 is 0. The first-order chi connectivity index (χ1) is 8.22. The molecular formula is C12H14N2O3. The molecule has 0 aliphatic heterocycles. The molecule has 1 aliphatic rings. The highest BCUT2D eigenvalue weighted by atomic mass is 16.4. The van der Waals surface area contributed by atoms with Gasteiger partial charge in [-0.1, -0.05) is 19.3 Å². The van der Waals surface area contributed by atoms with Crippen LogP contribution < -0.4 is 0 Å². The monoisotopic (exact) mass is 234 g/mol. The van der Waals surface area contributed by atoms with Crippen LogP contribution in [0.1, 0.15) is 64.7 Å². The number of aldehydes is 1. The summed E-state index contributed by atoms with van der Waals surface area (Å²) in [5.41, 5.74) is -0.146. The van der Waals surface area contributed by atoms with Gasteiger partial charge in [0.05, 0.1) is 5.56 Å². The van der Waals surface area contributed by atoms with Gasteiger partial charge < -0.3 is 5.11 Å². The third-order valence-electron chi connectivity index (χ3n) is 3.14. The molecule has 0 bridgehead atoms. The summed E-state index contributed by atoms with van der Waals surface area (Å²) in [7, 11) is 0. The number of carboxylic acid groups (broad SMARTS) is 1. The molecule has 90 valence electrons. The first-order valence-corrected chi connectivity index (χ1v) is 5.77. The van der Waals surface area contributed by atoms with Crippen LogP contribution in [0.25, 0.3) is 0 Å². The number of hydrogen-bond acceptors (Lipinski definition) is 4. The molecule has 0 spiro atoms. The predicted molar refractivity (Wildman–Crippen MR) is 60.2 cm³/mol. The van der Waals surface area contributed by atoms with Gasteiger partial charge in [-0.3, -0.25) is 4.79 Å². The van der Waals surface area contributed by atoms with Crippen molar-refractivity contribution in [3.05, 3.63) is 23.3 Å². The average molecular weight is 234 g/mol. The maximum absolute atomic E-state index is 11.0. The Morgan fingerprint density at radius 2 is 2.06 bits per heavy atom. The van der Waals surface area contributed by atoms with Gasteiger partial charge in [0, 0.05) is 12.1 Å². The van der Waals surface area contributed by atoms with Crippen molar-refractivity contribution < 1.29 is 14.7 Å². The quantitative estimate of drug-likeness (QED) is 0.809. The maximum Gasteiger partial charge on any atom is 0.355 e. The summed E-state index contributed by atoms with van der Waals surface area (Å²) in [6.07, 6.45) is 7.27. The highest BCUT2D eigenvalue weighted by Crippen LogP contribution is 2.30. The zero-order valence-electron chi connectivity index (χ0n) is 9.43. The van der Waals surface area contributed by atoms with Gasteiger partial charge in [0.15, 0.2) is 12.0 Å². The molecule has 5 nitrogen and oxygen atoms in total. The van der Waals surface area contributed by atoms with E-state index in [0.717, 1.165) is 25.7 Å². The second-order valence-electron chi connectivity index (χ2n) is 4.29. The highest BCUT2D eigenvalue weighted by Gasteiger charge is 2.21. The van der Waals surface area contributed by atoms with Crippen LogP contribution in [0, 0.1) is 0 Å². The van der Waals surface area contributed by atoms with Crippen molar-refractivity contribution >= 4 is 12.3 Å². The lowest BCUT2D eigenvalue weighted by Crippen LogP contribution is -2.14. The second kappa shape index (κ2) is 5.03. The lowest BCUT2D eigenvalue weighted by molar-refractivity contribution is 0.0686. The zero-order valence-corrected chi connectivity index (χ0v) is 9.43. The van der Waals surface area contributed by atoms with Crippen LogP contribution in [0.5, 0.6) is 0 Å². The van der Waals surface area contributed by atoms with E-state index < -0.39 is 5.97 Å². The van der Waals surface area contributed by atoms with Crippen LogP contribution in [0.2, 0.25) is 0 Å². The molecule has 1 N–H and O–H groups in total. The third-order valence-corrected chi connectivity index (χ3v) is 3.14. The van der Waals surface area contributed by atoms with E-state index in [1.54, 1.807) is 0 Å².